The van der Waals surface area contributed by atoms with Crippen molar-refractivity contribution in [3.63, 3.8) is 0 Å². The van der Waals surface area contributed by atoms with Gasteiger partial charge in [0.1, 0.15) is 0 Å². The van der Waals surface area contributed by atoms with Gasteiger partial charge < -0.3 is 7.43 Å². The Morgan fingerprint density at radius 3 is 1.42 bits per heavy atom. The van der Waals surface area contributed by atoms with Crippen LogP contribution in [0.25, 0.3) is 21.8 Å². The van der Waals surface area contributed by atoms with Crippen LogP contribution < -0.4 is 0 Å². The second-order valence-corrected chi connectivity index (χ2v) is 4.11. The first-order valence-electron chi connectivity index (χ1n) is 5.50. The Labute approximate surface area is 128 Å². The molecule has 2 heterocycles. The van der Waals surface area contributed by atoms with E-state index in [9.17, 15) is 0 Å². The molecule has 19 heavy (non-hydrogen) atoms. The average Bonchev–Trinajstić information content (AvgIpc) is 2.41. The number of halogens is 1. The van der Waals surface area contributed by atoms with Crippen molar-refractivity contribution in [1.29, 1.82) is 0 Å². The summed E-state index contributed by atoms with van der Waals surface area (Å²) >= 11 is 2.22. The third-order valence-electron chi connectivity index (χ3n) is 2.80. The Hall–Kier alpha value is -1.01. The molecule has 3 aromatic rings. The fourth-order valence-corrected chi connectivity index (χ4v) is 1.96. The topological polar surface area (TPSA) is 25.8 Å². The third-order valence-corrected chi connectivity index (χ3v) is 2.80. The molecule has 102 valence electrons. The summed E-state index contributed by atoms with van der Waals surface area (Å²) in [6.07, 6.45) is 0. The molecule has 0 bridgehead atoms. The Morgan fingerprint density at radius 1 is 0.737 bits per heavy atom. The molecular weight excluding hydrogens is 350 g/mol. The standard InChI is InChI=1S/C14H12N2.CH3.ClH.Pd/c1-9-3-5-11-7-8-12-6-4-10(2)16-14(12)13(11)15-9;;;/h3-8H,1-2H3;1H3;1H;/q;-1;;+2/p-1. The Bertz CT molecular complexity index is 637. The number of benzene rings is 1. The molecule has 0 saturated heterocycles. The van der Waals surface area contributed by atoms with Gasteiger partial charge in [0.15, 0.2) is 0 Å². The van der Waals surface area contributed by atoms with Crippen molar-refractivity contribution in [1.82, 2.24) is 9.97 Å². The number of aryl methyl sites for hydroxylation is 2. The zero-order valence-electron chi connectivity index (χ0n) is 11.1. The van der Waals surface area contributed by atoms with E-state index in [1.807, 2.05) is 26.0 Å². The van der Waals surface area contributed by atoms with Gasteiger partial charge in [-0.3, -0.25) is 9.97 Å². The predicted molar refractivity (Wildman–Crippen MR) is 78.8 cm³/mol. The van der Waals surface area contributed by atoms with Crippen LogP contribution in [-0.4, -0.2) is 9.97 Å². The molecule has 0 aliphatic rings. The summed E-state index contributed by atoms with van der Waals surface area (Å²) < 4.78 is 0. The van der Waals surface area contributed by atoms with Crippen molar-refractivity contribution < 1.29 is 18.2 Å². The number of hydrogen-bond acceptors (Lipinski definition) is 2. The zero-order chi connectivity index (χ0) is 13.1. The molecule has 0 N–H and O–H groups in total. The maximum atomic E-state index is 4.58. The molecule has 3 rings (SSSR count). The summed E-state index contributed by atoms with van der Waals surface area (Å²) in [6, 6.07) is 12.5. The van der Waals surface area contributed by atoms with E-state index in [1.54, 1.807) is 0 Å². The van der Waals surface area contributed by atoms with Gasteiger partial charge in [0.2, 0.25) is 0 Å². The van der Waals surface area contributed by atoms with Gasteiger partial charge in [-0.05, 0) is 26.0 Å². The molecule has 0 unspecified atom stereocenters. The van der Waals surface area contributed by atoms with Crippen LogP contribution >= 0.6 is 9.53 Å². The molecule has 2 nitrogen and oxygen atoms in total. The van der Waals surface area contributed by atoms with Crippen LogP contribution in [0.2, 0.25) is 0 Å². The third kappa shape index (κ3) is 3.31. The molecule has 0 aliphatic carbocycles. The van der Waals surface area contributed by atoms with E-state index in [4.69, 9.17) is 0 Å². The molecule has 0 fully saturated rings. The van der Waals surface area contributed by atoms with Crippen LogP contribution in [0.5, 0.6) is 0 Å². The van der Waals surface area contributed by atoms with E-state index < -0.39 is 0 Å². The van der Waals surface area contributed by atoms with Gasteiger partial charge in [0.05, 0.1) is 11.0 Å². The maximum absolute atomic E-state index is 4.58. The molecular formula is C15H15ClN2Pd. The van der Waals surface area contributed by atoms with Gasteiger partial charge >= 0.3 is 27.7 Å². The van der Waals surface area contributed by atoms with Crippen LogP contribution in [0.1, 0.15) is 11.4 Å². The van der Waals surface area contributed by atoms with Crippen molar-refractivity contribution in [2.24, 2.45) is 0 Å². The van der Waals surface area contributed by atoms with E-state index in [1.165, 1.54) is 0 Å². The van der Waals surface area contributed by atoms with Gasteiger partial charge in [-0.2, -0.15) is 0 Å². The van der Waals surface area contributed by atoms with E-state index in [2.05, 4.69) is 61.9 Å². The van der Waals surface area contributed by atoms with Gasteiger partial charge in [-0.1, -0.05) is 24.3 Å². The van der Waals surface area contributed by atoms with Gasteiger partial charge in [-0.15, -0.1) is 0 Å². The minimum atomic E-state index is 0. The number of pyridine rings is 2. The molecule has 0 spiro atoms. The van der Waals surface area contributed by atoms with Crippen LogP contribution in [0.15, 0.2) is 36.4 Å². The minimum absolute atomic E-state index is 0. The fraction of sp³-hybridized carbons (Fsp3) is 0.133. The van der Waals surface area contributed by atoms with Crippen LogP contribution in [0.4, 0.5) is 0 Å². The van der Waals surface area contributed by atoms with Gasteiger partial charge in [-0.25, -0.2) is 0 Å². The van der Waals surface area contributed by atoms with Gasteiger partial charge in [0.25, 0.3) is 0 Å². The molecule has 4 heteroatoms. The summed E-state index contributed by atoms with van der Waals surface area (Å²) in [5.74, 6) is 0. The zero-order valence-corrected chi connectivity index (χ0v) is 13.4. The second-order valence-electron chi connectivity index (χ2n) is 4.11. The predicted octanol–water partition coefficient (Wildman–Crippen LogP) is 4.54. The van der Waals surface area contributed by atoms with Crippen LogP contribution in [-0.2, 0) is 18.2 Å². The van der Waals surface area contributed by atoms with Crippen molar-refractivity contribution in [2.45, 2.75) is 13.8 Å². The number of fused-ring (bicyclic) bond motifs is 3. The summed E-state index contributed by atoms with van der Waals surface area (Å²) in [4.78, 5) is 9.16. The van der Waals surface area contributed by atoms with E-state index in [0.717, 1.165) is 33.2 Å². The summed E-state index contributed by atoms with van der Waals surface area (Å²) in [7, 11) is 4.49. The summed E-state index contributed by atoms with van der Waals surface area (Å²) in [6.45, 7) is 4.02. The van der Waals surface area contributed by atoms with Crippen LogP contribution in [0, 0.1) is 21.3 Å². The first-order chi connectivity index (χ1) is 8.74. The van der Waals surface area contributed by atoms with Crippen molar-refractivity contribution in [3.8, 4) is 0 Å². The molecule has 0 radical (unpaired) electrons. The monoisotopic (exact) mass is 364 g/mol. The Kier molecular flexibility index (Phi) is 5.88. The van der Waals surface area contributed by atoms with Crippen molar-refractivity contribution in [3.05, 3.63) is 55.2 Å². The SMILES string of the molecule is Cc1ccc2ccc3ccc(C)nc3c2n1.[CH3-].[Cl][Pd+]. The van der Waals surface area contributed by atoms with Crippen molar-refractivity contribution in [2.75, 3.05) is 0 Å². The molecule has 0 saturated carbocycles. The Balaban J connectivity index is 0.000000576. The number of aromatic nitrogens is 2. The molecule has 0 atom stereocenters. The van der Waals surface area contributed by atoms with E-state index in [-0.39, 0.29) is 7.43 Å². The van der Waals surface area contributed by atoms with Crippen molar-refractivity contribution >= 4 is 31.3 Å². The number of hydrogen-bond donors (Lipinski definition) is 0. The molecule has 1 aromatic carbocycles. The average molecular weight is 365 g/mol. The normalized spacial score (nSPS) is 9.74. The van der Waals surface area contributed by atoms with E-state index in [0.29, 0.717) is 0 Å². The van der Waals surface area contributed by atoms with E-state index >= 15 is 0 Å². The first kappa shape index (κ1) is 16.0. The first-order valence-corrected chi connectivity index (χ1v) is 7.50. The summed E-state index contributed by atoms with van der Waals surface area (Å²) in [5.41, 5.74) is 4.06. The molecule has 0 aliphatic heterocycles. The van der Waals surface area contributed by atoms with Crippen LogP contribution in [0.3, 0.4) is 0 Å². The second kappa shape index (κ2) is 6.96. The molecule has 2 aromatic heterocycles. The summed E-state index contributed by atoms with van der Waals surface area (Å²) in [5, 5.41) is 2.30. The van der Waals surface area contributed by atoms with Gasteiger partial charge in [0, 0.05) is 22.2 Å². The number of nitrogens with zero attached hydrogens (tertiary/aromatic N) is 2. The molecule has 0 amide bonds. The Morgan fingerprint density at radius 2 is 1.05 bits per heavy atom. The fourth-order valence-electron chi connectivity index (χ4n) is 1.96. The quantitative estimate of drug-likeness (QED) is 0.332. The number of rotatable bonds is 0.